The first-order valence-corrected chi connectivity index (χ1v) is 21.1. The molecule has 0 aromatic heterocycles. The predicted molar refractivity (Wildman–Crippen MR) is 160 cm³/mol. The second-order valence-electron chi connectivity index (χ2n) is 9.73. The monoisotopic (exact) mass is 554 g/mol. The molecule has 0 aromatic carbocycles. The highest BCUT2D eigenvalue weighted by atomic mass is 33.1. The van der Waals surface area contributed by atoms with Crippen molar-refractivity contribution in [1.29, 1.82) is 0 Å². The summed E-state index contributed by atoms with van der Waals surface area (Å²) in [4.78, 5) is 0. The van der Waals surface area contributed by atoms with E-state index < -0.39 is 17.1 Å². The van der Waals surface area contributed by atoms with E-state index in [9.17, 15) is 0 Å². The molecule has 0 amide bonds. The molecule has 0 saturated heterocycles. The molecule has 0 bridgehead atoms. The fraction of sp³-hybridized carbons (Fsp3) is 1.00. The van der Waals surface area contributed by atoms with Crippen molar-refractivity contribution in [2.24, 2.45) is 0 Å². The van der Waals surface area contributed by atoms with E-state index in [1.807, 2.05) is 21.6 Å². The lowest BCUT2D eigenvalue weighted by molar-refractivity contribution is 0.0865. The van der Waals surface area contributed by atoms with Crippen LogP contribution < -0.4 is 0 Å². The Morgan fingerprint density at radius 2 is 0.765 bits per heavy atom. The van der Waals surface area contributed by atoms with Gasteiger partial charge in [0.15, 0.2) is 0 Å². The summed E-state index contributed by atoms with van der Waals surface area (Å²) in [7, 11) is -0.243. The molecule has 34 heavy (non-hydrogen) atoms. The van der Waals surface area contributed by atoms with E-state index >= 15 is 0 Å². The van der Waals surface area contributed by atoms with Gasteiger partial charge in [0.1, 0.15) is 0 Å². The van der Waals surface area contributed by atoms with Crippen molar-refractivity contribution in [3.8, 4) is 0 Å². The van der Waals surface area contributed by atoms with E-state index in [4.69, 9.17) is 17.7 Å². The third-order valence-corrected chi connectivity index (χ3v) is 17.0. The van der Waals surface area contributed by atoms with E-state index in [0.29, 0.717) is 0 Å². The maximum atomic E-state index is 6.56. The summed E-state index contributed by atoms with van der Waals surface area (Å²) in [6.45, 7) is 22.1. The molecule has 206 valence electrons. The van der Waals surface area contributed by atoms with Crippen LogP contribution in [0, 0.1) is 0 Å². The topological polar surface area (TPSA) is 36.9 Å². The Morgan fingerprint density at radius 3 is 0.971 bits per heavy atom. The van der Waals surface area contributed by atoms with Crippen LogP contribution in [0.25, 0.3) is 0 Å². The molecule has 0 aliphatic rings. The largest absolute Gasteiger partial charge is 0.391 e. The second kappa shape index (κ2) is 20.0. The average Bonchev–Trinajstić information content (AvgIpc) is 2.84. The molecule has 0 radical (unpaired) electrons. The van der Waals surface area contributed by atoms with Crippen molar-refractivity contribution in [2.45, 2.75) is 156 Å². The molecule has 0 saturated carbocycles. The Labute approximate surface area is 223 Å². The molecule has 0 rings (SSSR count). The predicted octanol–water partition coefficient (Wildman–Crippen LogP) is 9.33. The zero-order valence-electron chi connectivity index (χ0n) is 24.2. The van der Waals surface area contributed by atoms with Crippen LogP contribution in [0.3, 0.4) is 0 Å². The average molecular weight is 555 g/mol. The molecule has 0 aliphatic heterocycles. The normalized spacial score (nSPS) is 19.2. The van der Waals surface area contributed by atoms with E-state index in [2.05, 4.69) is 69.2 Å². The molecule has 4 atom stereocenters. The number of hydrogen-bond donors (Lipinski definition) is 0. The van der Waals surface area contributed by atoms with Crippen LogP contribution in [-0.2, 0) is 17.7 Å². The first-order chi connectivity index (χ1) is 16.1. The summed E-state index contributed by atoms with van der Waals surface area (Å²) in [5, 5.41) is 0. The molecule has 4 nitrogen and oxygen atoms in total. The molecule has 8 heteroatoms. The van der Waals surface area contributed by atoms with Gasteiger partial charge in [-0.05, 0) is 90.4 Å². The molecular weight excluding hydrogens is 497 g/mol. The Balaban J connectivity index is 4.57. The molecular formula is C26H58O4S2Si2. The molecule has 0 aliphatic carbocycles. The maximum absolute atomic E-state index is 6.56. The number of rotatable bonds is 23. The number of hydrogen-bond acceptors (Lipinski definition) is 6. The van der Waals surface area contributed by atoms with Gasteiger partial charge in [-0.2, -0.15) is 0 Å². The van der Waals surface area contributed by atoms with E-state index in [1.54, 1.807) is 0 Å². The van der Waals surface area contributed by atoms with Gasteiger partial charge < -0.3 is 17.7 Å². The van der Waals surface area contributed by atoms with Crippen LogP contribution in [0.15, 0.2) is 0 Å². The Kier molecular flexibility index (Phi) is 20.6. The highest BCUT2D eigenvalue weighted by Crippen LogP contribution is 2.32. The zero-order valence-corrected chi connectivity index (χ0v) is 27.9. The molecule has 4 unspecified atom stereocenters. The third kappa shape index (κ3) is 14.6. The summed E-state index contributed by atoms with van der Waals surface area (Å²) in [6.07, 6.45) is 7.69. The highest BCUT2D eigenvalue weighted by molar-refractivity contribution is 8.76. The highest BCUT2D eigenvalue weighted by Gasteiger charge is 2.39. The minimum absolute atomic E-state index is 0.288. The summed E-state index contributed by atoms with van der Waals surface area (Å²) in [5.41, 5.74) is 0. The SMILES string of the molecule is CCC(C)O[Si](CC)(CCCSSCCC[Si](CC)(OC(C)CC)OC(C)CC)OC(C)CC. The fourth-order valence-corrected chi connectivity index (χ4v) is 13.4. The standard InChI is InChI=1S/C26H58O4S2Si2/c1-11-23(7)27-33(15-5,28-24(8)12-2)21-17-19-31-32-20-18-22-34(16-6,29-25(9)13-3)30-26(10)14-4/h23-26H,11-22H2,1-10H3. The lowest BCUT2D eigenvalue weighted by Gasteiger charge is -2.35. The smallest absolute Gasteiger partial charge is 0.338 e. The van der Waals surface area contributed by atoms with Crippen molar-refractivity contribution >= 4 is 38.7 Å². The van der Waals surface area contributed by atoms with E-state index in [1.165, 1.54) is 12.8 Å². The Hall–Kier alpha value is 0.974. The van der Waals surface area contributed by atoms with Gasteiger partial charge in [-0.1, -0.05) is 63.1 Å². The first-order valence-electron chi connectivity index (χ1n) is 14.1. The second-order valence-corrected chi connectivity index (χ2v) is 19.4. The van der Waals surface area contributed by atoms with Crippen LogP contribution in [0.5, 0.6) is 0 Å². The summed E-state index contributed by atoms with van der Waals surface area (Å²) >= 11 is 0. The van der Waals surface area contributed by atoms with Gasteiger partial charge in [-0.15, -0.1) is 0 Å². The summed E-state index contributed by atoms with van der Waals surface area (Å²) < 4.78 is 26.3. The van der Waals surface area contributed by atoms with Gasteiger partial charge in [0, 0.05) is 35.9 Å². The van der Waals surface area contributed by atoms with Gasteiger partial charge in [-0.3, -0.25) is 0 Å². The van der Waals surface area contributed by atoms with Crippen LogP contribution in [0.2, 0.25) is 24.2 Å². The van der Waals surface area contributed by atoms with Crippen molar-refractivity contribution in [3.63, 3.8) is 0 Å². The summed E-state index contributed by atoms with van der Waals surface area (Å²) in [5.74, 6) is 2.33. The quantitative estimate of drug-likeness (QED) is 0.0711. The first kappa shape index (κ1) is 35.0. The van der Waals surface area contributed by atoms with Gasteiger partial charge in [0.2, 0.25) is 0 Å². The van der Waals surface area contributed by atoms with Crippen LogP contribution in [0.1, 0.15) is 108 Å². The lowest BCUT2D eigenvalue weighted by Crippen LogP contribution is -2.46. The molecule has 0 fully saturated rings. The molecule has 0 aromatic rings. The van der Waals surface area contributed by atoms with Gasteiger partial charge in [-0.25, -0.2) is 0 Å². The van der Waals surface area contributed by atoms with Crippen LogP contribution in [0.4, 0.5) is 0 Å². The van der Waals surface area contributed by atoms with Gasteiger partial charge in [0.05, 0.1) is 0 Å². The van der Waals surface area contributed by atoms with Crippen molar-refractivity contribution in [3.05, 3.63) is 0 Å². The molecule has 0 spiro atoms. The lowest BCUT2D eigenvalue weighted by atomic mass is 10.3. The van der Waals surface area contributed by atoms with Crippen LogP contribution >= 0.6 is 21.6 Å². The minimum Gasteiger partial charge on any atom is -0.391 e. The minimum atomic E-state index is -2.13. The third-order valence-electron chi connectivity index (χ3n) is 6.69. The van der Waals surface area contributed by atoms with Crippen LogP contribution in [-0.4, -0.2) is 53.0 Å². The Bertz CT molecular complexity index is 422. The zero-order chi connectivity index (χ0) is 26.0. The van der Waals surface area contributed by atoms with E-state index in [0.717, 1.165) is 61.4 Å². The molecule has 0 heterocycles. The van der Waals surface area contributed by atoms with Crippen molar-refractivity contribution < 1.29 is 17.7 Å². The summed E-state index contributed by atoms with van der Waals surface area (Å²) in [6, 6.07) is 4.28. The van der Waals surface area contributed by atoms with Gasteiger partial charge >= 0.3 is 17.1 Å². The maximum Gasteiger partial charge on any atom is 0.338 e. The van der Waals surface area contributed by atoms with E-state index in [-0.39, 0.29) is 24.4 Å². The van der Waals surface area contributed by atoms with Crippen molar-refractivity contribution in [1.82, 2.24) is 0 Å². The fourth-order valence-electron chi connectivity index (χ4n) is 3.70. The van der Waals surface area contributed by atoms with Crippen molar-refractivity contribution in [2.75, 3.05) is 11.5 Å². The van der Waals surface area contributed by atoms with Gasteiger partial charge in [0.25, 0.3) is 0 Å². The Morgan fingerprint density at radius 1 is 0.500 bits per heavy atom. The molecule has 0 N–H and O–H groups in total.